The Morgan fingerprint density at radius 3 is 2.42 bits per heavy atom. The van der Waals surface area contributed by atoms with Crippen molar-refractivity contribution < 1.29 is 0 Å². The Kier molecular flexibility index (Phi) is 4.72. The third kappa shape index (κ3) is 4.13. The van der Waals surface area contributed by atoms with Crippen molar-refractivity contribution in [2.75, 3.05) is 0 Å². The highest BCUT2D eigenvalue weighted by Gasteiger charge is 2.20. The van der Waals surface area contributed by atoms with Gasteiger partial charge in [0, 0.05) is 0 Å². The molecule has 0 aromatic heterocycles. The normalized spacial score (nSPS) is 19.5. The molecule has 0 saturated heterocycles. The van der Waals surface area contributed by atoms with Crippen molar-refractivity contribution >= 4 is 0 Å². The molecule has 0 aromatic rings. The average molecular weight is 168 g/mol. The van der Waals surface area contributed by atoms with Gasteiger partial charge in [0.05, 0.1) is 0 Å². The second-order valence-corrected chi connectivity index (χ2v) is 4.44. The van der Waals surface area contributed by atoms with Crippen LogP contribution in [0.3, 0.4) is 0 Å². The third-order valence-corrected chi connectivity index (χ3v) is 3.20. The molecule has 1 fully saturated rings. The maximum absolute atomic E-state index is 2.34. The van der Waals surface area contributed by atoms with Crippen LogP contribution in [-0.4, -0.2) is 0 Å². The predicted octanol–water partition coefficient (Wildman–Crippen LogP) is 4.39. The van der Waals surface area contributed by atoms with E-state index in [4.69, 9.17) is 0 Å². The van der Waals surface area contributed by atoms with Crippen LogP contribution in [0.2, 0.25) is 0 Å². The van der Waals surface area contributed by atoms with Gasteiger partial charge in [-0.15, -0.1) is 0 Å². The minimum absolute atomic E-state index is 1.04. The molecule has 1 atom stereocenters. The summed E-state index contributed by atoms with van der Waals surface area (Å²) in [6, 6.07) is 0. The van der Waals surface area contributed by atoms with Crippen LogP contribution in [0.1, 0.15) is 65.2 Å². The largest absolute Gasteiger partial charge is 0.0654 e. The summed E-state index contributed by atoms with van der Waals surface area (Å²) in [4.78, 5) is 0. The number of hydrogen-bond acceptors (Lipinski definition) is 0. The SMILES string of the molecule is CCCC(CC)CCCC1CC1. The summed E-state index contributed by atoms with van der Waals surface area (Å²) in [5, 5.41) is 0. The van der Waals surface area contributed by atoms with Crippen molar-refractivity contribution in [2.24, 2.45) is 11.8 Å². The molecule has 1 rings (SSSR count). The number of rotatable bonds is 7. The first-order valence-corrected chi connectivity index (χ1v) is 5.86. The van der Waals surface area contributed by atoms with E-state index in [1.165, 1.54) is 51.4 Å². The van der Waals surface area contributed by atoms with Gasteiger partial charge in [-0.3, -0.25) is 0 Å². The second kappa shape index (κ2) is 5.61. The van der Waals surface area contributed by atoms with E-state index in [0.717, 1.165) is 11.8 Å². The van der Waals surface area contributed by atoms with Crippen LogP contribution in [0.15, 0.2) is 0 Å². The zero-order chi connectivity index (χ0) is 8.81. The molecule has 0 amide bonds. The van der Waals surface area contributed by atoms with Gasteiger partial charge >= 0.3 is 0 Å². The molecule has 12 heavy (non-hydrogen) atoms. The maximum Gasteiger partial charge on any atom is -0.0414 e. The van der Waals surface area contributed by atoms with Crippen molar-refractivity contribution in [1.29, 1.82) is 0 Å². The quantitative estimate of drug-likeness (QED) is 0.529. The van der Waals surface area contributed by atoms with Gasteiger partial charge in [-0.05, 0) is 11.8 Å². The molecule has 0 aromatic carbocycles. The fraction of sp³-hybridized carbons (Fsp3) is 1.00. The zero-order valence-corrected chi connectivity index (χ0v) is 8.81. The average Bonchev–Trinajstić information content (AvgIpc) is 2.87. The molecule has 0 radical (unpaired) electrons. The number of hydrogen-bond donors (Lipinski definition) is 0. The minimum Gasteiger partial charge on any atom is -0.0654 e. The van der Waals surface area contributed by atoms with Gasteiger partial charge in [0.15, 0.2) is 0 Å². The summed E-state index contributed by atoms with van der Waals surface area (Å²) in [5.74, 6) is 2.18. The smallest absolute Gasteiger partial charge is 0.0414 e. The van der Waals surface area contributed by atoms with E-state index in [2.05, 4.69) is 13.8 Å². The first-order valence-electron chi connectivity index (χ1n) is 5.86. The Bertz CT molecular complexity index is 103. The van der Waals surface area contributed by atoms with Gasteiger partial charge in [0.25, 0.3) is 0 Å². The Labute approximate surface area is 77.7 Å². The molecule has 0 nitrogen and oxygen atoms in total. The van der Waals surface area contributed by atoms with E-state index >= 15 is 0 Å². The van der Waals surface area contributed by atoms with E-state index in [9.17, 15) is 0 Å². The van der Waals surface area contributed by atoms with Crippen LogP contribution in [-0.2, 0) is 0 Å². The lowest BCUT2D eigenvalue weighted by Gasteiger charge is -2.12. The van der Waals surface area contributed by atoms with Crippen molar-refractivity contribution in [3.8, 4) is 0 Å². The van der Waals surface area contributed by atoms with Crippen molar-refractivity contribution in [3.05, 3.63) is 0 Å². The Morgan fingerprint density at radius 2 is 1.92 bits per heavy atom. The Hall–Kier alpha value is 0. The summed E-state index contributed by atoms with van der Waals surface area (Å²) in [5.41, 5.74) is 0. The fourth-order valence-corrected chi connectivity index (χ4v) is 2.06. The summed E-state index contributed by atoms with van der Waals surface area (Å²) in [6.07, 6.45) is 11.8. The lowest BCUT2D eigenvalue weighted by molar-refractivity contribution is 0.408. The maximum atomic E-state index is 2.34. The summed E-state index contributed by atoms with van der Waals surface area (Å²) in [6.45, 7) is 4.65. The molecular weight excluding hydrogens is 144 g/mol. The van der Waals surface area contributed by atoms with Crippen LogP contribution >= 0.6 is 0 Å². The second-order valence-electron chi connectivity index (χ2n) is 4.44. The molecule has 1 aliphatic carbocycles. The molecule has 1 unspecified atom stereocenters. The molecule has 0 bridgehead atoms. The first-order chi connectivity index (χ1) is 5.86. The van der Waals surface area contributed by atoms with Crippen molar-refractivity contribution in [2.45, 2.75) is 65.2 Å². The van der Waals surface area contributed by atoms with Gasteiger partial charge in [-0.1, -0.05) is 65.2 Å². The monoisotopic (exact) mass is 168 g/mol. The van der Waals surface area contributed by atoms with Crippen LogP contribution in [0, 0.1) is 11.8 Å². The molecule has 1 saturated carbocycles. The summed E-state index contributed by atoms with van der Waals surface area (Å²) < 4.78 is 0. The highest BCUT2D eigenvalue weighted by atomic mass is 14.3. The van der Waals surface area contributed by atoms with Crippen molar-refractivity contribution in [1.82, 2.24) is 0 Å². The standard InChI is InChI=1S/C12H24/c1-3-6-11(4-2)7-5-8-12-9-10-12/h11-12H,3-10H2,1-2H3. The zero-order valence-electron chi connectivity index (χ0n) is 8.81. The summed E-state index contributed by atoms with van der Waals surface area (Å²) >= 11 is 0. The summed E-state index contributed by atoms with van der Waals surface area (Å²) in [7, 11) is 0. The lowest BCUT2D eigenvalue weighted by Crippen LogP contribution is -1.98. The van der Waals surface area contributed by atoms with E-state index in [1.54, 1.807) is 0 Å². The molecule has 0 aliphatic heterocycles. The van der Waals surface area contributed by atoms with E-state index < -0.39 is 0 Å². The topological polar surface area (TPSA) is 0 Å². The van der Waals surface area contributed by atoms with E-state index in [0.29, 0.717) is 0 Å². The predicted molar refractivity (Wildman–Crippen MR) is 55.3 cm³/mol. The molecular formula is C12H24. The molecule has 0 spiro atoms. The third-order valence-electron chi connectivity index (χ3n) is 3.20. The molecule has 0 N–H and O–H groups in total. The molecule has 0 heterocycles. The van der Waals surface area contributed by atoms with E-state index in [-0.39, 0.29) is 0 Å². The van der Waals surface area contributed by atoms with Crippen LogP contribution in [0.4, 0.5) is 0 Å². The van der Waals surface area contributed by atoms with Gasteiger partial charge in [0.2, 0.25) is 0 Å². The first kappa shape index (κ1) is 10.1. The molecule has 0 heteroatoms. The minimum atomic E-state index is 1.04. The Balaban J connectivity index is 1.93. The van der Waals surface area contributed by atoms with Gasteiger partial charge in [-0.2, -0.15) is 0 Å². The van der Waals surface area contributed by atoms with Crippen molar-refractivity contribution in [3.63, 3.8) is 0 Å². The highest BCUT2D eigenvalue weighted by molar-refractivity contribution is 4.73. The Morgan fingerprint density at radius 1 is 1.17 bits per heavy atom. The molecule has 72 valence electrons. The molecule has 1 aliphatic rings. The van der Waals surface area contributed by atoms with Gasteiger partial charge < -0.3 is 0 Å². The van der Waals surface area contributed by atoms with Crippen LogP contribution < -0.4 is 0 Å². The van der Waals surface area contributed by atoms with Gasteiger partial charge in [-0.25, -0.2) is 0 Å². The van der Waals surface area contributed by atoms with Crippen LogP contribution in [0.25, 0.3) is 0 Å². The lowest BCUT2D eigenvalue weighted by atomic mass is 9.94. The van der Waals surface area contributed by atoms with Gasteiger partial charge in [0.1, 0.15) is 0 Å². The van der Waals surface area contributed by atoms with E-state index in [1.807, 2.05) is 0 Å². The fourth-order valence-electron chi connectivity index (χ4n) is 2.06. The highest BCUT2D eigenvalue weighted by Crippen LogP contribution is 2.34. The van der Waals surface area contributed by atoms with Crippen LogP contribution in [0.5, 0.6) is 0 Å².